The highest BCUT2D eigenvalue weighted by Crippen LogP contribution is 2.43. The van der Waals surface area contributed by atoms with Crippen molar-refractivity contribution in [2.24, 2.45) is 0 Å². The van der Waals surface area contributed by atoms with Crippen LogP contribution in [0.5, 0.6) is 0 Å². The molecule has 0 saturated carbocycles. The molecule has 0 fully saturated rings. The number of ketones is 1. The molecule has 1 atom stereocenters. The molecule has 0 bridgehead atoms. The molecule has 0 aliphatic carbocycles. The molecule has 146 valence electrons. The van der Waals surface area contributed by atoms with Gasteiger partial charge in [0, 0.05) is 5.69 Å². The Kier molecular flexibility index (Phi) is 4.94. The largest absolute Gasteiger partial charge is 0.503 e. The van der Waals surface area contributed by atoms with E-state index in [1.165, 1.54) is 17.2 Å². The van der Waals surface area contributed by atoms with Gasteiger partial charge < -0.3 is 9.52 Å². The lowest BCUT2D eigenvalue weighted by atomic mass is 9.94. The molecule has 7 heteroatoms. The Morgan fingerprint density at radius 1 is 1.07 bits per heavy atom. The van der Waals surface area contributed by atoms with Crippen LogP contribution in [0.3, 0.4) is 0 Å². The highest BCUT2D eigenvalue weighted by atomic mass is 35.5. The van der Waals surface area contributed by atoms with Crippen molar-refractivity contribution in [1.82, 2.24) is 0 Å². The minimum Gasteiger partial charge on any atom is -0.503 e. The molecule has 0 spiro atoms. The van der Waals surface area contributed by atoms with Crippen LogP contribution >= 0.6 is 23.2 Å². The fraction of sp³-hybridized carbons (Fsp3) is 0.0909. The van der Waals surface area contributed by atoms with Crippen molar-refractivity contribution in [2.45, 2.75) is 13.0 Å². The van der Waals surface area contributed by atoms with E-state index in [2.05, 4.69) is 0 Å². The van der Waals surface area contributed by atoms with Gasteiger partial charge in [-0.15, -0.1) is 0 Å². The van der Waals surface area contributed by atoms with Crippen LogP contribution in [0.1, 0.15) is 27.7 Å². The lowest BCUT2D eigenvalue weighted by Gasteiger charge is -2.27. The number of Topliss-reactive ketones (excluding diaryl/α,β-unsaturated/α-hetero) is 1. The predicted octanol–water partition coefficient (Wildman–Crippen LogP) is 5.68. The molecule has 1 unspecified atom stereocenters. The van der Waals surface area contributed by atoms with E-state index in [0.717, 1.165) is 5.56 Å². The SMILES string of the molecule is Cc1cccc(N2C(=O)C(O)=C(C(=O)c3ccco3)C2c2ccc(Cl)c(Cl)c2)c1. The Bertz CT molecular complexity index is 1150. The van der Waals surface area contributed by atoms with E-state index in [1.807, 2.05) is 13.0 Å². The van der Waals surface area contributed by atoms with E-state index in [4.69, 9.17) is 27.6 Å². The standard InChI is InChI=1S/C22H15Cl2NO4/c1-12-4-2-5-14(10-12)25-19(13-7-8-15(23)16(24)11-13)18(21(27)22(25)28)20(26)17-6-3-9-29-17/h2-11,19,27H,1H3. The van der Waals surface area contributed by atoms with Gasteiger partial charge >= 0.3 is 0 Å². The van der Waals surface area contributed by atoms with Gasteiger partial charge in [0.1, 0.15) is 0 Å². The van der Waals surface area contributed by atoms with Crippen molar-refractivity contribution in [2.75, 3.05) is 4.90 Å². The molecule has 1 amide bonds. The summed E-state index contributed by atoms with van der Waals surface area (Å²) in [7, 11) is 0. The summed E-state index contributed by atoms with van der Waals surface area (Å²) < 4.78 is 5.21. The van der Waals surface area contributed by atoms with Crippen LogP contribution in [-0.4, -0.2) is 16.8 Å². The molecule has 29 heavy (non-hydrogen) atoms. The normalized spacial score (nSPS) is 16.6. The summed E-state index contributed by atoms with van der Waals surface area (Å²) in [6.07, 6.45) is 1.36. The molecule has 1 N–H and O–H groups in total. The highest BCUT2D eigenvalue weighted by Gasteiger charge is 2.45. The van der Waals surface area contributed by atoms with E-state index in [1.54, 1.807) is 42.5 Å². The number of hydrogen-bond acceptors (Lipinski definition) is 4. The summed E-state index contributed by atoms with van der Waals surface area (Å²) in [5.74, 6) is -1.85. The molecule has 1 aliphatic heterocycles. The molecule has 4 rings (SSSR count). The summed E-state index contributed by atoms with van der Waals surface area (Å²) in [5.41, 5.74) is 1.92. The van der Waals surface area contributed by atoms with Crippen molar-refractivity contribution in [3.63, 3.8) is 0 Å². The fourth-order valence-corrected chi connectivity index (χ4v) is 3.73. The number of rotatable bonds is 4. The molecule has 3 aromatic rings. The Hall–Kier alpha value is -3.02. The third-order valence-electron chi connectivity index (χ3n) is 4.74. The molecule has 0 radical (unpaired) electrons. The Balaban J connectivity index is 1.91. The van der Waals surface area contributed by atoms with Crippen molar-refractivity contribution in [1.29, 1.82) is 0 Å². The van der Waals surface area contributed by atoms with Crippen LogP contribution in [0.2, 0.25) is 10.0 Å². The van der Waals surface area contributed by atoms with Gasteiger partial charge in [-0.1, -0.05) is 41.4 Å². The summed E-state index contributed by atoms with van der Waals surface area (Å²) in [6, 6.07) is 14.2. The minimum absolute atomic E-state index is 0.0236. The van der Waals surface area contributed by atoms with Crippen LogP contribution < -0.4 is 4.90 Å². The first-order valence-electron chi connectivity index (χ1n) is 8.75. The van der Waals surface area contributed by atoms with Gasteiger partial charge in [-0.2, -0.15) is 0 Å². The molecule has 2 aromatic carbocycles. The second kappa shape index (κ2) is 7.43. The van der Waals surface area contributed by atoms with Gasteiger partial charge in [0.15, 0.2) is 11.5 Å². The predicted molar refractivity (Wildman–Crippen MR) is 111 cm³/mol. The van der Waals surface area contributed by atoms with Crippen molar-refractivity contribution >= 4 is 40.6 Å². The molecule has 2 heterocycles. The van der Waals surface area contributed by atoms with Gasteiger partial charge in [-0.05, 0) is 54.4 Å². The summed E-state index contributed by atoms with van der Waals surface area (Å²) in [6.45, 7) is 1.89. The van der Waals surface area contributed by atoms with Gasteiger partial charge in [-0.25, -0.2) is 0 Å². The van der Waals surface area contributed by atoms with Gasteiger partial charge in [0.25, 0.3) is 5.91 Å². The van der Waals surface area contributed by atoms with Crippen LogP contribution in [0.25, 0.3) is 0 Å². The number of aliphatic hydroxyl groups excluding tert-OH is 1. The third-order valence-corrected chi connectivity index (χ3v) is 5.48. The first kappa shape index (κ1) is 19.3. The number of aryl methyl sites for hydroxylation is 1. The Morgan fingerprint density at radius 3 is 2.52 bits per heavy atom. The minimum atomic E-state index is -0.892. The first-order valence-corrected chi connectivity index (χ1v) is 9.50. The quantitative estimate of drug-likeness (QED) is 0.543. The topological polar surface area (TPSA) is 70.8 Å². The lowest BCUT2D eigenvalue weighted by molar-refractivity contribution is -0.117. The van der Waals surface area contributed by atoms with Gasteiger partial charge in [-0.3, -0.25) is 14.5 Å². The lowest BCUT2D eigenvalue weighted by Crippen LogP contribution is -2.31. The van der Waals surface area contributed by atoms with Gasteiger partial charge in [0.05, 0.1) is 27.9 Å². The maximum atomic E-state index is 13.1. The van der Waals surface area contributed by atoms with Crippen molar-refractivity contribution < 1.29 is 19.1 Å². The zero-order valence-electron chi connectivity index (χ0n) is 15.2. The zero-order valence-corrected chi connectivity index (χ0v) is 16.7. The Morgan fingerprint density at radius 2 is 1.86 bits per heavy atom. The van der Waals surface area contributed by atoms with E-state index >= 15 is 0 Å². The number of carbonyl (C=O) groups is 2. The molecular weight excluding hydrogens is 413 g/mol. The number of nitrogens with zero attached hydrogens (tertiary/aromatic N) is 1. The van der Waals surface area contributed by atoms with Gasteiger partial charge in [0.2, 0.25) is 5.78 Å². The number of furan rings is 1. The summed E-state index contributed by atoms with van der Waals surface area (Å²) in [5, 5.41) is 11.3. The number of amides is 1. The summed E-state index contributed by atoms with van der Waals surface area (Å²) in [4.78, 5) is 27.5. The van der Waals surface area contributed by atoms with E-state index in [9.17, 15) is 14.7 Å². The van der Waals surface area contributed by atoms with Crippen LogP contribution in [0.4, 0.5) is 5.69 Å². The molecule has 5 nitrogen and oxygen atoms in total. The first-order chi connectivity index (χ1) is 13.9. The number of carbonyl (C=O) groups excluding carboxylic acids is 2. The number of benzene rings is 2. The van der Waals surface area contributed by atoms with E-state index < -0.39 is 23.5 Å². The average Bonchev–Trinajstić information content (AvgIpc) is 3.31. The smallest absolute Gasteiger partial charge is 0.294 e. The monoisotopic (exact) mass is 427 g/mol. The highest BCUT2D eigenvalue weighted by molar-refractivity contribution is 6.42. The van der Waals surface area contributed by atoms with E-state index in [0.29, 0.717) is 16.3 Å². The Labute approximate surface area is 176 Å². The number of hydrogen-bond donors (Lipinski definition) is 1. The number of anilines is 1. The van der Waals surface area contributed by atoms with Crippen molar-refractivity contribution in [3.05, 3.63) is 99.1 Å². The van der Waals surface area contributed by atoms with Crippen LogP contribution in [0.15, 0.2) is 76.6 Å². The number of aliphatic hydroxyl groups is 1. The maximum Gasteiger partial charge on any atom is 0.294 e. The third kappa shape index (κ3) is 3.33. The van der Waals surface area contributed by atoms with Crippen LogP contribution in [-0.2, 0) is 4.79 Å². The number of halogens is 2. The van der Waals surface area contributed by atoms with Crippen molar-refractivity contribution in [3.8, 4) is 0 Å². The molecule has 0 saturated heterocycles. The molecular formula is C22H15Cl2NO4. The fourth-order valence-electron chi connectivity index (χ4n) is 3.42. The second-order valence-corrected chi connectivity index (χ2v) is 7.47. The molecule has 1 aliphatic rings. The van der Waals surface area contributed by atoms with E-state index in [-0.39, 0.29) is 16.4 Å². The second-order valence-electron chi connectivity index (χ2n) is 6.66. The maximum absolute atomic E-state index is 13.1. The summed E-state index contributed by atoms with van der Waals surface area (Å²) >= 11 is 12.2. The zero-order chi connectivity index (χ0) is 20.7. The van der Waals surface area contributed by atoms with Crippen LogP contribution in [0, 0.1) is 6.92 Å². The average molecular weight is 428 g/mol. The molecule has 1 aromatic heterocycles.